The zero-order valence-electron chi connectivity index (χ0n) is 11.4. The van der Waals surface area contributed by atoms with Gasteiger partial charge in [-0.15, -0.1) is 0 Å². The Morgan fingerprint density at radius 1 is 1.32 bits per heavy atom. The van der Waals surface area contributed by atoms with Crippen molar-refractivity contribution in [2.24, 2.45) is 0 Å². The Morgan fingerprint density at radius 2 is 2.14 bits per heavy atom. The minimum absolute atomic E-state index is 0.103. The number of benzene rings is 1. The van der Waals surface area contributed by atoms with Gasteiger partial charge in [0.25, 0.3) is 11.6 Å². The lowest BCUT2D eigenvalue weighted by molar-refractivity contribution is -0.384. The van der Waals surface area contributed by atoms with Crippen molar-refractivity contribution in [3.05, 3.63) is 57.2 Å². The van der Waals surface area contributed by atoms with Gasteiger partial charge in [-0.05, 0) is 24.6 Å². The molecule has 110 valence electrons. The smallest absolute Gasteiger partial charge is 0.270 e. The molecular weight excluding hydrogens is 308 g/mol. The van der Waals surface area contributed by atoms with Crippen LogP contribution in [0.5, 0.6) is 0 Å². The Morgan fingerprint density at radius 3 is 2.82 bits per heavy atom. The SMILES string of the molecule is Cc1cccnc1-c1noc(-c2ccc([N+](=O)[O-])cc2Cl)n1. The number of rotatable bonds is 3. The minimum Gasteiger partial charge on any atom is -0.334 e. The van der Waals surface area contributed by atoms with Crippen LogP contribution in [0.2, 0.25) is 5.02 Å². The van der Waals surface area contributed by atoms with Gasteiger partial charge >= 0.3 is 0 Å². The van der Waals surface area contributed by atoms with E-state index in [9.17, 15) is 10.1 Å². The van der Waals surface area contributed by atoms with Crippen molar-refractivity contribution in [1.82, 2.24) is 15.1 Å². The third-order valence-electron chi connectivity index (χ3n) is 3.04. The van der Waals surface area contributed by atoms with Gasteiger partial charge in [0.05, 0.1) is 15.5 Å². The molecule has 0 unspecified atom stereocenters. The predicted molar refractivity (Wildman–Crippen MR) is 79.4 cm³/mol. The minimum atomic E-state index is -0.522. The van der Waals surface area contributed by atoms with Crippen LogP contribution in [0, 0.1) is 17.0 Å². The molecule has 3 aromatic rings. The van der Waals surface area contributed by atoms with E-state index in [0.717, 1.165) is 5.56 Å². The van der Waals surface area contributed by atoms with Gasteiger partial charge in [-0.1, -0.05) is 22.8 Å². The highest BCUT2D eigenvalue weighted by Crippen LogP contribution is 2.31. The third-order valence-corrected chi connectivity index (χ3v) is 3.35. The van der Waals surface area contributed by atoms with E-state index >= 15 is 0 Å². The molecule has 0 saturated heterocycles. The molecule has 0 saturated carbocycles. The van der Waals surface area contributed by atoms with Crippen molar-refractivity contribution in [3.8, 4) is 23.0 Å². The number of non-ortho nitro benzene ring substituents is 1. The van der Waals surface area contributed by atoms with Crippen LogP contribution in [0.3, 0.4) is 0 Å². The van der Waals surface area contributed by atoms with Crippen LogP contribution in [-0.4, -0.2) is 20.0 Å². The zero-order chi connectivity index (χ0) is 15.7. The van der Waals surface area contributed by atoms with Gasteiger partial charge in [0, 0.05) is 18.3 Å². The molecule has 0 amide bonds. The van der Waals surface area contributed by atoms with Gasteiger partial charge in [-0.2, -0.15) is 4.98 Å². The number of hydrogen-bond donors (Lipinski definition) is 0. The molecule has 0 spiro atoms. The van der Waals surface area contributed by atoms with Gasteiger partial charge in [-0.25, -0.2) is 0 Å². The largest absolute Gasteiger partial charge is 0.334 e. The number of nitro benzene ring substituents is 1. The van der Waals surface area contributed by atoms with Crippen molar-refractivity contribution < 1.29 is 9.45 Å². The Bertz CT molecular complexity index is 863. The summed E-state index contributed by atoms with van der Waals surface area (Å²) < 4.78 is 5.19. The number of aryl methyl sites for hydroxylation is 1. The van der Waals surface area contributed by atoms with E-state index in [-0.39, 0.29) is 16.6 Å². The molecule has 8 heteroatoms. The highest BCUT2D eigenvalue weighted by molar-refractivity contribution is 6.33. The van der Waals surface area contributed by atoms with Crippen molar-refractivity contribution in [3.63, 3.8) is 0 Å². The maximum atomic E-state index is 10.7. The highest BCUT2D eigenvalue weighted by Gasteiger charge is 2.17. The van der Waals surface area contributed by atoms with E-state index in [0.29, 0.717) is 17.1 Å². The summed E-state index contributed by atoms with van der Waals surface area (Å²) in [6.07, 6.45) is 1.64. The first-order chi connectivity index (χ1) is 10.6. The van der Waals surface area contributed by atoms with E-state index in [1.54, 1.807) is 6.20 Å². The maximum Gasteiger partial charge on any atom is 0.270 e. The van der Waals surface area contributed by atoms with Crippen LogP contribution in [0.1, 0.15) is 5.56 Å². The summed E-state index contributed by atoms with van der Waals surface area (Å²) in [7, 11) is 0. The molecule has 2 heterocycles. The van der Waals surface area contributed by atoms with E-state index in [1.165, 1.54) is 18.2 Å². The van der Waals surface area contributed by atoms with E-state index < -0.39 is 4.92 Å². The average molecular weight is 317 g/mol. The molecule has 22 heavy (non-hydrogen) atoms. The normalized spacial score (nSPS) is 10.6. The lowest BCUT2D eigenvalue weighted by Gasteiger charge is -1.98. The molecule has 2 aromatic heterocycles. The molecule has 0 aliphatic carbocycles. The summed E-state index contributed by atoms with van der Waals surface area (Å²) in [6.45, 7) is 1.89. The quantitative estimate of drug-likeness (QED) is 0.540. The molecule has 0 aliphatic heterocycles. The number of pyridine rings is 1. The van der Waals surface area contributed by atoms with Crippen molar-refractivity contribution in [2.45, 2.75) is 6.92 Å². The van der Waals surface area contributed by atoms with Gasteiger partial charge in [0.1, 0.15) is 5.69 Å². The summed E-state index contributed by atoms with van der Waals surface area (Å²) in [5, 5.41) is 14.8. The van der Waals surface area contributed by atoms with Crippen molar-refractivity contribution in [2.75, 3.05) is 0 Å². The summed E-state index contributed by atoms with van der Waals surface area (Å²) in [6, 6.07) is 7.75. The summed E-state index contributed by atoms with van der Waals surface area (Å²) in [5.74, 6) is 0.516. The first-order valence-corrected chi connectivity index (χ1v) is 6.64. The lowest BCUT2D eigenvalue weighted by atomic mass is 10.2. The van der Waals surface area contributed by atoms with E-state index in [2.05, 4.69) is 15.1 Å². The highest BCUT2D eigenvalue weighted by atomic mass is 35.5. The summed E-state index contributed by atoms with van der Waals surface area (Å²) in [5.41, 5.74) is 1.84. The van der Waals surface area contributed by atoms with Crippen molar-refractivity contribution >= 4 is 17.3 Å². The number of nitrogens with zero attached hydrogens (tertiary/aromatic N) is 4. The molecule has 0 N–H and O–H groups in total. The second-order valence-electron chi connectivity index (χ2n) is 4.51. The standard InChI is InChI=1S/C14H9ClN4O3/c1-8-3-2-6-16-12(8)13-17-14(22-18-13)10-5-4-9(19(20)21)7-11(10)15/h2-7H,1H3. The van der Waals surface area contributed by atoms with Gasteiger partial charge in [0.2, 0.25) is 5.82 Å². The van der Waals surface area contributed by atoms with Crippen LogP contribution >= 0.6 is 11.6 Å². The number of halogens is 1. The number of nitro groups is 1. The molecule has 0 aliphatic rings. The summed E-state index contributed by atoms with van der Waals surface area (Å²) >= 11 is 6.05. The Labute approximate surface area is 129 Å². The molecule has 1 aromatic carbocycles. The van der Waals surface area contributed by atoms with Gasteiger partial charge in [-0.3, -0.25) is 15.1 Å². The first-order valence-electron chi connectivity index (χ1n) is 6.26. The van der Waals surface area contributed by atoms with E-state index in [1.807, 2.05) is 19.1 Å². The topological polar surface area (TPSA) is 95.0 Å². The average Bonchev–Trinajstić information content (AvgIpc) is 2.97. The number of hydrogen-bond acceptors (Lipinski definition) is 6. The van der Waals surface area contributed by atoms with Crippen molar-refractivity contribution in [1.29, 1.82) is 0 Å². The molecule has 3 rings (SSSR count). The second kappa shape index (κ2) is 5.53. The number of aromatic nitrogens is 3. The zero-order valence-corrected chi connectivity index (χ0v) is 12.1. The summed E-state index contributed by atoms with van der Waals surface area (Å²) in [4.78, 5) is 18.7. The third kappa shape index (κ3) is 2.53. The van der Waals surface area contributed by atoms with Crippen LogP contribution in [0.25, 0.3) is 23.0 Å². The second-order valence-corrected chi connectivity index (χ2v) is 4.92. The molecule has 0 radical (unpaired) electrons. The maximum absolute atomic E-state index is 10.7. The fourth-order valence-corrected chi connectivity index (χ4v) is 2.20. The first kappa shape index (κ1) is 14.2. The fourth-order valence-electron chi connectivity index (χ4n) is 1.94. The molecule has 7 nitrogen and oxygen atoms in total. The molecular formula is C14H9ClN4O3. The molecule has 0 atom stereocenters. The Kier molecular flexibility index (Phi) is 3.56. The predicted octanol–water partition coefficient (Wildman–Crippen LogP) is 3.67. The van der Waals surface area contributed by atoms with Gasteiger partial charge in [0.15, 0.2) is 0 Å². The molecule has 0 bridgehead atoms. The van der Waals surface area contributed by atoms with Crippen LogP contribution in [0.15, 0.2) is 41.1 Å². The van der Waals surface area contributed by atoms with Gasteiger partial charge < -0.3 is 4.52 Å². The van der Waals surface area contributed by atoms with Crippen LogP contribution in [-0.2, 0) is 0 Å². The van der Waals surface area contributed by atoms with Crippen LogP contribution < -0.4 is 0 Å². The van der Waals surface area contributed by atoms with Crippen LogP contribution in [0.4, 0.5) is 5.69 Å². The van der Waals surface area contributed by atoms with E-state index in [4.69, 9.17) is 16.1 Å². The monoisotopic (exact) mass is 316 g/mol. The fraction of sp³-hybridized carbons (Fsp3) is 0.0714. The Balaban J connectivity index is 2.01. The Hall–Kier alpha value is -2.80. The molecule has 0 fully saturated rings. The lowest BCUT2D eigenvalue weighted by Crippen LogP contribution is -1.90.